The first-order valence-corrected chi connectivity index (χ1v) is 9.73. The molecule has 34 heavy (non-hydrogen) atoms. The largest absolute Gasteiger partial charge is 0.459 e. The summed E-state index contributed by atoms with van der Waals surface area (Å²) < 4.78 is 63.4. The molecule has 0 atom stereocenters. The number of benzene rings is 2. The molecule has 0 fully saturated rings. The van der Waals surface area contributed by atoms with Gasteiger partial charge in [-0.1, -0.05) is 12.1 Å². The number of hydrogen-bond acceptors (Lipinski definition) is 5. The van der Waals surface area contributed by atoms with Crippen molar-refractivity contribution < 1.29 is 41.0 Å². The molecule has 11 heteroatoms. The molecule has 2 N–H and O–H groups in total. The van der Waals surface area contributed by atoms with Crippen LogP contribution in [0.2, 0.25) is 0 Å². The lowest BCUT2D eigenvalue weighted by molar-refractivity contribution is -0.116. The molecule has 0 spiro atoms. The molecule has 2 amide bonds. The van der Waals surface area contributed by atoms with Crippen LogP contribution in [0.5, 0.6) is 11.5 Å². The van der Waals surface area contributed by atoms with Gasteiger partial charge in [-0.25, -0.2) is 0 Å². The van der Waals surface area contributed by atoms with Crippen LogP contribution in [0.4, 0.5) is 23.2 Å². The van der Waals surface area contributed by atoms with E-state index in [0.29, 0.717) is 5.69 Å². The Morgan fingerprint density at radius 1 is 0.971 bits per heavy atom. The van der Waals surface area contributed by atoms with Gasteiger partial charge in [-0.2, -0.15) is 17.6 Å². The van der Waals surface area contributed by atoms with Crippen molar-refractivity contribution in [2.24, 2.45) is 0 Å². The molecular weight excluding hydrogens is 460 g/mol. The standard InChI is InChI=1S/C23H18F4N2O5/c24-22(25)33-17-9-5-15(19(12-17)34-23(26)27)6-10-20(30)28-13-14-3-7-16(8-4-14)29-21(31)18-2-1-11-32-18/h1-12,22-23H,13H2,(H,28,30)(H,29,31)/b10-6+. The van der Waals surface area contributed by atoms with Gasteiger partial charge < -0.3 is 24.5 Å². The van der Waals surface area contributed by atoms with Crippen LogP contribution in [0, 0.1) is 0 Å². The number of amides is 2. The number of carbonyl (C=O) groups excluding carboxylic acids is 2. The van der Waals surface area contributed by atoms with Crippen molar-refractivity contribution in [3.05, 3.63) is 83.8 Å². The number of alkyl halides is 4. The fourth-order valence-corrected chi connectivity index (χ4v) is 2.75. The summed E-state index contributed by atoms with van der Waals surface area (Å²) in [5.41, 5.74) is 1.32. The number of hydrogen-bond donors (Lipinski definition) is 2. The number of halogens is 4. The maximum absolute atomic E-state index is 12.6. The molecule has 1 aromatic heterocycles. The van der Waals surface area contributed by atoms with E-state index in [1.54, 1.807) is 30.3 Å². The summed E-state index contributed by atoms with van der Waals surface area (Å²) in [6.45, 7) is -6.18. The minimum Gasteiger partial charge on any atom is -0.459 e. The van der Waals surface area contributed by atoms with E-state index in [2.05, 4.69) is 20.1 Å². The van der Waals surface area contributed by atoms with Crippen LogP contribution in [0.15, 0.2) is 71.4 Å². The lowest BCUT2D eigenvalue weighted by Crippen LogP contribution is -2.20. The molecule has 0 unspecified atom stereocenters. The molecule has 7 nitrogen and oxygen atoms in total. The molecule has 0 aliphatic carbocycles. The molecule has 0 radical (unpaired) electrons. The van der Waals surface area contributed by atoms with Crippen molar-refractivity contribution in [3.8, 4) is 11.5 Å². The fraction of sp³-hybridized carbons (Fsp3) is 0.130. The zero-order valence-corrected chi connectivity index (χ0v) is 17.3. The molecule has 0 aliphatic rings. The summed E-state index contributed by atoms with van der Waals surface area (Å²) in [6, 6.07) is 13.0. The fourth-order valence-electron chi connectivity index (χ4n) is 2.75. The van der Waals surface area contributed by atoms with Gasteiger partial charge in [-0.15, -0.1) is 0 Å². The third kappa shape index (κ3) is 7.40. The second-order valence-corrected chi connectivity index (χ2v) is 6.64. The van der Waals surface area contributed by atoms with Crippen LogP contribution in [0.3, 0.4) is 0 Å². The van der Waals surface area contributed by atoms with Crippen molar-refractivity contribution in [2.45, 2.75) is 19.8 Å². The van der Waals surface area contributed by atoms with Gasteiger partial charge in [0.2, 0.25) is 5.91 Å². The van der Waals surface area contributed by atoms with Crippen molar-refractivity contribution in [3.63, 3.8) is 0 Å². The number of anilines is 1. The Kier molecular flexibility index (Phi) is 8.27. The van der Waals surface area contributed by atoms with Gasteiger partial charge >= 0.3 is 13.2 Å². The van der Waals surface area contributed by atoms with Crippen LogP contribution in [0.1, 0.15) is 21.7 Å². The number of carbonyl (C=O) groups is 2. The number of ether oxygens (including phenoxy) is 2. The maximum Gasteiger partial charge on any atom is 0.387 e. The topological polar surface area (TPSA) is 89.8 Å². The summed E-state index contributed by atoms with van der Waals surface area (Å²) in [7, 11) is 0. The molecule has 0 aliphatic heterocycles. The van der Waals surface area contributed by atoms with Crippen LogP contribution in [0.25, 0.3) is 6.08 Å². The van der Waals surface area contributed by atoms with E-state index in [1.807, 2.05) is 0 Å². The second kappa shape index (κ2) is 11.5. The Balaban J connectivity index is 1.56. The van der Waals surface area contributed by atoms with E-state index in [4.69, 9.17) is 4.42 Å². The summed E-state index contributed by atoms with van der Waals surface area (Å²) in [6.07, 6.45) is 3.67. The SMILES string of the molecule is O=C(/C=C/c1ccc(OC(F)F)cc1OC(F)F)NCc1ccc(NC(=O)c2ccco2)cc1. The van der Waals surface area contributed by atoms with Crippen molar-refractivity contribution >= 4 is 23.6 Å². The minimum absolute atomic E-state index is 0.0636. The summed E-state index contributed by atoms with van der Waals surface area (Å²) in [4.78, 5) is 24.1. The van der Waals surface area contributed by atoms with E-state index >= 15 is 0 Å². The Morgan fingerprint density at radius 3 is 2.35 bits per heavy atom. The highest BCUT2D eigenvalue weighted by Crippen LogP contribution is 2.28. The second-order valence-electron chi connectivity index (χ2n) is 6.64. The van der Waals surface area contributed by atoms with E-state index in [0.717, 1.165) is 23.8 Å². The zero-order chi connectivity index (χ0) is 24.5. The van der Waals surface area contributed by atoms with Gasteiger partial charge in [0, 0.05) is 29.9 Å². The van der Waals surface area contributed by atoms with Crippen LogP contribution in [-0.4, -0.2) is 25.0 Å². The molecule has 178 valence electrons. The van der Waals surface area contributed by atoms with Crippen LogP contribution >= 0.6 is 0 Å². The van der Waals surface area contributed by atoms with E-state index in [-0.39, 0.29) is 23.6 Å². The van der Waals surface area contributed by atoms with Crippen LogP contribution in [-0.2, 0) is 11.3 Å². The van der Waals surface area contributed by atoms with E-state index in [1.165, 1.54) is 24.5 Å². The lowest BCUT2D eigenvalue weighted by Gasteiger charge is -2.11. The molecule has 3 aromatic rings. The molecule has 1 heterocycles. The summed E-state index contributed by atoms with van der Waals surface area (Å²) in [5.74, 6) is -1.56. The number of rotatable bonds is 10. The predicted molar refractivity (Wildman–Crippen MR) is 114 cm³/mol. The van der Waals surface area contributed by atoms with Crippen molar-refractivity contribution in [1.29, 1.82) is 0 Å². The first-order chi connectivity index (χ1) is 16.3. The maximum atomic E-state index is 12.6. The molecule has 2 aromatic carbocycles. The third-order valence-corrected chi connectivity index (χ3v) is 4.26. The quantitative estimate of drug-likeness (QED) is 0.314. The average molecular weight is 478 g/mol. The highest BCUT2D eigenvalue weighted by molar-refractivity contribution is 6.02. The molecule has 0 saturated carbocycles. The average Bonchev–Trinajstić information content (AvgIpc) is 3.32. The summed E-state index contributed by atoms with van der Waals surface area (Å²) >= 11 is 0. The highest BCUT2D eigenvalue weighted by atomic mass is 19.3. The summed E-state index contributed by atoms with van der Waals surface area (Å²) in [5, 5.41) is 5.27. The lowest BCUT2D eigenvalue weighted by atomic mass is 10.1. The van der Waals surface area contributed by atoms with Gasteiger partial charge in [0.05, 0.1) is 6.26 Å². The van der Waals surface area contributed by atoms with E-state index < -0.39 is 30.8 Å². The van der Waals surface area contributed by atoms with E-state index in [9.17, 15) is 27.2 Å². The molecule has 0 bridgehead atoms. The molecule has 0 saturated heterocycles. The minimum atomic E-state index is -3.20. The van der Waals surface area contributed by atoms with Gasteiger partial charge in [-0.05, 0) is 48.0 Å². The van der Waals surface area contributed by atoms with Gasteiger partial charge in [0.25, 0.3) is 5.91 Å². The Bertz CT molecular complexity index is 1130. The van der Waals surface area contributed by atoms with Gasteiger partial charge in [0.1, 0.15) is 11.5 Å². The Morgan fingerprint density at radius 2 is 1.71 bits per heavy atom. The number of furan rings is 1. The van der Waals surface area contributed by atoms with Gasteiger partial charge in [-0.3, -0.25) is 9.59 Å². The first-order valence-electron chi connectivity index (χ1n) is 9.73. The normalized spacial score (nSPS) is 11.1. The first kappa shape index (κ1) is 24.4. The zero-order valence-electron chi connectivity index (χ0n) is 17.3. The molecular formula is C23H18F4N2O5. The van der Waals surface area contributed by atoms with Crippen molar-refractivity contribution in [1.82, 2.24) is 5.32 Å². The Labute approximate surface area is 191 Å². The highest BCUT2D eigenvalue weighted by Gasteiger charge is 2.13. The van der Waals surface area contributed by atoms with Gasteiger partial charge in [0.15, 0.2) is 5.76 Å². The Hall–Kier alpha value is -4.28. The number of nitrogens with one attached hydrogen (secondary N) is 2. The molecule has 3 rings (SSSR count). The smallest absolute Gasteiger partial charge is 0.387 e. The monoisotopic (exact) mass is 478 g/mol. The van der Waals surface area contributed by atoms with Crippen LogP contribution < -0.4 is 20.1 Å². The van der Waals surface area contributed by atoms with Crippen molar-refractivity contribution in [2.75, 3.05) is 5.32 Å². The third-order valence-electron chi connectivity index (χ3n) is 4.26. The predicted octanol–water partition coefficient (Wildman–Crippen LogP) is 5.06.